The maximum Gasteiger partial charge on any atom is 0.214 e. The second-order valence-corrected chi connectivity index (χ2v) is 3.73. The quantitative estimate of drug-likeness (QED) is 0.743. The van der Waals surface area contributed by atoms with Crippen LogP contribution in [0.3, 0.4) is 0 Å². The summed E-state index contributed by atoms with van der Waals surface area (Å²) in [4.78, 5) is 4.26. The monoisotopic (exact) mass is 224 g/mol. The van der Waals surface area contributed by atoms with Gasteiger partial charge in [0.15, 0.2) is 0 Å². The van der Waals surface area contributed by atoms with Gasteiger partial charge in [-0.2, -0.15) is 4.98 Å². The minimum absolute atomic E-state index is 0.242. The lowest BCUT2D eigenvalue weighted by Crippen LogP contribution is -2.15. The van der Waals surface area contributed by atoms with E-state index in [1.807, 2.05) is 18.2 Å². The van der Waals surface area contributed by atoms with Crippen molar-refractivity contribution >= 4 is 5.82 Å². The first kappa shape index (κ1) is 12.8. The van der Waals surface area contributed by atoms with Gasteiger partial charge in [-0.3, -0.25) is 0 Å². The number of ether oxygens (including phenoxy) is 1. The van der Waals surface area contributed by atoms with E-state index >= 15 is 0 Å². The Morgan fingerprint density at radius 2 is 2.31 bits per heavy atom. The van der Waals surface area contributed by atoms with Gasteiger partial charge in [-0.25, -0.2) is 0 Å². The Morgan fingerprint density at radius 1 is 1.50 bits per heavy atom. The number of nitrogens with one attached hydrogen (secondary N) is 1. The highest BCUT2D eigenvalue weighted by atomic mass is 16.5. The lowest BCUT2D eigenvalue weighted by molar-refractivity contribution is 0.258. The van der Waals surface area contributed by atoms with Gasteiger partial charge >= 0.3 is 0 Å². The third-order valence-corrected chi connectivity index (χ3v) is 2.62. The summed E-state index contributed by atoms with van der Waals surface area (Å²) in [7, 11) is 1.60. The molecule has 1 heterocycles. The Morgan fingerprint density at radius 3 is 2.94 bits per heavy atom. The molecule has 0 bridgehead atoms. The first-order chi connectivity index (χ1) is 7.80. The van der Waals surface area contributed by atoms with E-state index in [-0.39, 0.29) is 6.61 Å². The van der Waals surface area contributed by atoms with Crippen LogP contribution >= 0.6 is 0 Å². The van der Waals surface area contributed by atoms with Gasteiger partial charge in [0.25, 0.3) is 0 Å². The molecule has 0 spiro atoms. The number of nitrogens with zero attached hydrogens (tertiary/aromatic N) is 1. The lowest BCUT2D eigenvalue weighted by Gasteiger charge is -2.14. The molecule has 1 aromatic heterocycles. The number of aromatic nitrogens is 1. The van der Waals surface area contributed by atoms with Gasteiger partial charge in [-0.15, -0.1) is 0 Å². The van der Waals surface area contributed by atoms with Crippen molar-refractivity contribution in [2.75, 3.05) is 25.6 Å². The maximum absolute atomic E-state index is 8.88. The molecule has 1 atom stereocenters. The van der Waals surface area contributed by atoms with Crippen LogP contribution < -0.4 is 10.1 Å². The predicted octanol–water partition coefficient (Wildman–Crippen LogP) is 1.91. The van der Waals surface area contributed by atoms with Gasteiger partial charge < -0.3 is 15.2 Å². The highest BCUT2D eigenvalue weighted by Crippen LogP contribution is 2.13. The standard InChI is InChI=1S/C12H20N2O2/c1-3-10(7-8-15)9-13-11-5-4-6-12(14-11)16-2/h4-6,10,15H,3,7-9H2,1-2H3,(H,13,14). The highest BCUT2D eigenvalue weighted by Gasteiger charge is 2.05. The van der Waals surface area contributed by atoms with Gasteiger partial charge in [-0.1, -0.05) is 19.4 Å². The van der Waals surface area contributed by atoms with E-state index in [4.69, 9.17) is 9.84 Å². The summed E-state index contributed by atoms with van der Waals surface area (Å²) in [5, 5.41) is 12.1. The molecular weight excluding hydrogens is 204 g/mol. The third-order valence-electron chi connectivity index (χ3n) is 2.62. The molecule has 0 saturated carbocycles. The molecule has 16 heavy (non-hydrogen) atoms. The molecule has 0 radical (unpaired) electrons. The fourth-order valence-electron chi connectivity index (χ4n) is 1.51. The van der Waals surface area contributed by atoms with Crippen LogP contribution in [0.2, 0.25) is 0 Å². The van der Waals surface area contributed by atoms with Crippen molar-refractivity contribution < 1.29 is 9.84 Å². The van der Waals surface area contributed by atoms with Crippen molar-refractivity contribution in [3.63, 3.8) is 0 Å². The molecule has 2 N–H and O–H groups in total. The summed E-state index contributed by atoms with van der Waals surface area (Å²) in [6.07, 6.45) is 1.88. The van der Waals surface area contributed by atoms with Gasteiger partial charge in [0.05, 0.1) is 7.11 Å². The first-order valence-electron chi connectivity index (χ1n) is 5.66. The molecule has 0 aliphatic rings. The van der Waals surface area contributed by atoms with Gasteiger partial charge in [0.1, 0.15) is 5.82 Å². The number of anilines is 1. The molecular formula is C12H20N2O2. The van der Waals surface area contributed by atoms with E-state index < -0.39 is 0 Å². The zero-order chi connectivity index (χ0) is 11.8. The van der Waals surface area contributed by atoms with Crippen LogP contribution in [0.15, 0.2) is 18.2 Å². The number of aliphatic hydroxyl groups is 1. The number of hydrogen-bond acceptors (Lipinski definition) is 4. The van der Waals surface area contributed by atoms with E-state index in [0.717, 1.165) is 25.2 Å². The SMILES string of the molecule is CCC(CCO)CNc1cccc(OC)n1. The van der Waals surface area contributed by atoms with Crippen molar-refractivity contribution in [1.82, 2.24) is 4.98 Å². The average Bonchev–Trinajstić information content (AvgIpc) is 2.34. The topological polar surface area (TPSA) is 54.4 Å². The highest BCUT2D eigenvalue weighted by molar-refractivity contribution is 5.36. The Hall–Kier alpha value is -1.29. The fourth-order valence-corrected chi connectivity index (χ4v) is 1.51. The fraction of sp³-hybridized carbons (Fsp3) is 0.583. The van der Waals surface area contributed by atoms with Crippen LogP contribution in [0.1, 0.15) is 19.8 Å². The van der Waals surface area contributed by atoms with Crippen molar-refractivity contribution in [1.29, 1.82) is 0 Å². The molecule has 0 saturated heterocycles. The van der Waals surface area contributed by atoms with E-state index in [1.165, 1.54) is 0 Å². The van der Waals surface area contributed by atoms with E-state index in [9.17, 15) is 0 Å². The molecule has 90 valence electrons. The number of hydrogen-bond donors (Lipinski definition) is 2. The minimum Gasteiger partial charge on any atom is -0.481 e. The van der Waals surface area contributed by atoms with Crippen LogP contribution in [-0.2, 0) is 0 Å². The molecule has 1 unspecified atom stereocenters. The summed E-state index contributed by atoms with van der Waals surface area (Å²) in [6.45, 7) is 3.20. The van der Waals surface area contributed by atoms with Crippen LogP contribution in [0, 0.1) is 5.92 Å². The van der Waals surface area contributed by atoms with E-state index in [1.54, 1.807) is 7.11 Å². The Kier molecular flexibility index (Phi) is 5.64. The summed E-state index contributed by atoms with van der Waals surface area (Å²) in [5.41, 5.74) is 0. The van der Waals surface area contributed by atoms with Crippen molar-refractivity contribution in [2.45, 2.75) is 19.8 Å². The van der Waals surface area contributed by atoms with E-state index in [2.05, 4.69) is 17.2 Å². The van der Waals surface area contributed by atoms with Crippen LogP contribution in [0.4, 0.5) is 5.82 Å². The zero-order valence-corrected chi connectivity index (χ0v) is 9.94. The van der Waals surface area contributed by atoms with Gasteiger partial charge in [0, 0.05) is 19.2 Å². The Labute approximate surface area is 96.7 Å². The lowest BCUT2D eigenvalue weighted by atomic mass is 10.0. The number of aliphatic hydroxyl groups excluding tert-OH is 1. The zero-order valence-electron chi connectivity index (χ0n) is 9.94. The van der Waals surface area contributed by atoms with Crippen molar-refractivity contribution in [3.05, 3.63) is 18.2 Å². The largest absolute Gasteiger partial charge is 0.481 e. The summed E-state index contributed by atoms with van der Waals surface area (Å²) in [5.74, 6) is 1.91. The summed E-state index contributed by atoms with van der Waals surface area (Å²) < 4.78 is 5.04. The van der Waals surface area contributed by atoms with Crippen molar-refractivity contribution in [3.8, 4) is 5.88 Å². The van der Waals surface area contributed by atoms with E-state index in [0.29, 0.717) is 11.8 Å². The molecule has 0 amide bonds. The number of rotatable bonds is 7. The van der Waals surface area contributed by atoms with Crippen LogP contribution in [-0.4, -0.2) is 30.4 Å². The molecule has 0 aliphatic carbocycles. The van der Waals surface area contributed by atoms with Crippen molar-refractivity contribution in [2.24, 2.45) is 5.92 Å². The van der Waals surface area contributed by atoms with Gasteiger partial charge in [0.2, 0.25) is 5.88 Å². The smallest absolute Gasteiger partial charge is 0.214 e. The molecule has 0 aliphatic heterocycles. The molecule has 0 fully saturated rings. The first-order valence-corrected chi connectivity index (χ1v) is 5.66. The third kappa shape index (κ3) is 4.06. The average molecular weight is 224 g/mol. The number of methoxy groups -OCH3 is 1. The second-order valence-electron chi connectivity index (χ2n) is 3.73. The van der Waals surface area contributed by atoms with Crippen LogP contribution in [0.25, 0.3) is 0 Å². The van der Waals surface area contributed by atoms with Gasteiger partial charge in [-0.05, 0) is 18.4 Å². The summed E-state index contributed by atoms with van der Waals surface area (Å²) >= 11 is 0. The molecule has 1 aromatic rings. The minimum atomic E-state index is 0.242. The molecule has 4 heteroatoms. The molecule has 0 aromatic carbocycles. The molecule has 4 nitrogen and oxygen atoms in total. The Balaban J connectivity index is 2.46. The molecule has 1 rings (SSSR count). The second kappa shape index (κ2) is 7.06. The van der Waals surface area contributed by atoms with Crippen LogP contribution in [0.5, 0.6) is 5.88 Å². The Bertz CT molecular complexity index is 305. The normalized spacial score (nSPS) is 12.2. The predicted molar refractivity (Wildman–Crippen MR) is 64.8 cm³/mol. The number of pyridine rings is 1. The summed E-state index contributed by atoms with van der Waals surface area (Å²) in [6, 6.07) is 5.63. The maximum atomic E-state index is 8.88.